The standard InChI is InChI=1S/C19H17ClN2O5/c1-25-15-5-3-13(7-14(15)20)21-18(23)12-8-22(9-12)19(24)11-2-4-16-17(6-11)27-10-26-16/h2-7,12H,8-10H2,1H3,(H,21,23). The summed E-state index contributed by atoms with van der Waals surface area (Å²) in [6, 6.07) is 10.1. The maximum Gasteiger partial charge on any atom is 0.254 e. The second-order valence-electron chi connectivity index (χ2n) is 6.31. The first kappa shape index (κ1) is 17.5. The van der Waals surface area contributed by atoms with Gasteiger partial charge in [0.25, 0.3) is 5.91 Å². The number of hydrogen-bond acceptors (Lipinski definition) is 5. The molecule has 2 heterocycles. The minimum absolute atomic E-state index is 0.134. The Hall–Kier alpha value is -2.93. The molecule has 2 aromatic rings. The van der Waals surface area contributed by atoms with Crippen LogP contribution >= 0.6 is 11.6 Å². The van der Waals surface area contributed by atoms with Crippen molar-refractivity contribution >= 4 is 29.1 Å². The summed E-state index contributed by atoms with van der Waals surface area (Å²) in [7, 11) is 1.53. The van der Waals surface area contributed by atoms with Gasteiger partial charge in [0.15, 0.2) is 11.5 Å². The third-order valence-electron chi connectivity index (χ3n) is 4.58. The van der Waals surface area contributed by atoms with E-state index in [1.165, 1.54) is 7.11 Å². The van der Waals surface area contributed by atoms with E-state index in [0.717, 1.165) is 0 Å². The zero-order valence-corrected chi connectivity index (χ0v) is 15.3. The van der Waals surface area contributed by atoms with Gasteiger partial charge in [0.2, 0.25) is 12.7 Å². The number of amides is 2. The van der Waals surface area contributed by atoms with E-state index in [2.05, 4.69) is 5.32 Å². The Morgan fingerprint density at radius 3 is 2.67 bits per heavy atom. The first-order valence-corrected chi connectivity index (χ1v) is 8.76. The van der Waals surface area contributed by atoms with E-state index >= 15 is 0 Å². The van der Waals surface area contributed by atoms with Crippen LogP contribution in [0, 0.1) is 5.92 Å². The third-order valence-corrected chi connectivity index (χ3v) is 4.87. The summed E-state index contributed by atoms with van der Waals surface area (Å²) in [6.45, 7) is 0.889. The molecule has 140 valence electrons. The number of ether oxygens (including phenoxy) is 3. The van der Waals surface area contributed by atoms with Crippen LogP contribution in [0.25, 0.3) is 0 Å². The average molecular weight is 389 g/mol. The summed E-state index contributed by atoms with van der Waals surface area (Å²) >= 11 is 6.06. The second-order valence-corrected chi connectivity index (χ2v) is 6.72. The van der Waals surface area contributed by atoms with Gasteiger partial charge in [-0.1, -0.05) is 11.6 Å². The van der Waals surface area contributed by atoms with Crippen molar-refractivity contribution in [2.75, 3.05) is 32.3 Å². The lowest BCUT2D eigenvalue weighted by atomic mass is 9.97. The molecule has 2 amide bonds. The van der Waals surface area contributed by atoms with Crippen molar-refractivity contribution in [3.8, 4) is 17.2 Å². The summed E-state index contributed by atoms with van der Waals surface area (Å²) in [6.07, 6.45) is 0. The summed E-state index contributed by atoms with van der Waals surface area (Å²) in [5, 5.41) is 3.24. The first-order chi connectivity index (χ1) is 13.0. The number of likely N-dealkylation sites (tertiary alicyclic amines) is 1. The van der Waals surface area contributed by atoms with Crippen molar-refractivity contribution in [2.45, 2.75) is 0 Å². The number of carbonyl (C=O) groups is 2. The van der Waals surface area contributed by atoms with E-state index in [4.69, 9.17) is 25.8 Å². The Bertz CT molecular complexity index is 911. The van der Waals surface area contributed by atoms with Crippen LogP contribution in [0.5, 0.6) is 17.2 Å². The highest BCUT2D eigenvalue weighted by atomic mass is 35.5. The van der Waals surface area contributed by atoms with E-state index in [-0.39, 0.29) is 24.5 Å². The van der Waals surface area contributed by atoms with Crippen LogP contribution in [0.3, 0.4) is 0 Å². The predicted octanol–water partition coefficient (Wildman–Crippen LogP) is 2.79. The molecule has 0 saturated carbocycles. The van der Waals surface area contributed by atoms with Gasteiger partial charge in [-0.3, -0.25) is 9.59 Å². The number of methoxy groups -OCH3 is 1. The molecule has 2 aliphatic rings. The fourth-order valence-corrected chi connectivity index (χ4v) is 3.27. The van der Waals surface area contributed by atoms with Crippen molar-refractivity contribution in [3.63, 3.8) is 0 Å². The Balaban J connectivity index is 1.34. The van der Waals surface area contributed by atoms with Crippen LogP contribution in [0.15, 0.2) is 36.4 Å². The van der Waals surface area contributed by atoms with Crippen LogP contribution in [0.1, 0.15) is 10.4 Å². The molecular weight excluding hydrogens is 372 g/mol. The van der Waals surface area contributed by atoms with E-state index in [0.29, 0.717) is 46.6 Å². The van der Waals surface area contributed by atoms with Gasteiger partial charge in [0.1, 0.15) is 5.75 Å². The number of nitrogens with one attached hydrogen (secondary N) is 1. The van der Waals surface area contributed by atoms with E-state index in [1.807, 2.05) is 0 Å². The molecule has 8 heteroatoms. The highest BCUT2D eigenvalue weighted by Crippen LogP contribution is 2.33. The molecule has 0 spiro atoms. The summed E-state index contributed by atoms with van der Waals surface area (Å²) in [5.41, 5.74) is 1.10. The molecule has 1 N–H and O–H groups in total. The Morgan fingerprint density at radius 2 is 1.93 bits per heavy atom. The molecule has 0 bridgehead atoms. The van der Waals surface area contributed by atoms with Crippen LogP contribution in [0.4, 0.5) is 5.69 Å². The summed E-state index contributed by atoms with van der Waals surface area (Å²) < 4.78 is 15.6. The monoisotopic (exact) mass is 388 g/mol. The second kappa shape index (κ2) is 7.00. The van der Waals surface area contributed by atoms with Gasteiger partial charge in [-0.25, -0.2) is 0 Å². The first-order valence-electron chi connectivity index (χ1n) is 8.38. The van der Waals surface area contributed by atoms with E-state index in [1.54, 1.807) is 41.3 Å². The minimum atomic E-state index is -0.260. The molecule has 4 rings (SSSR count). The highest BCUT2D eigenvalue weighted by Gasteiger charge is 2.36. The molecule has 7 nitrogen and oxygen atoms in total. The fourth-order valence-electron chi connectivity index (χ4n) is 3.01. The lowest BCUT2D eigenvalue weighted by molar-refractivity contribution is -0.123. The van der Waals surface area contributed by atoms with Gasteiger partial charge in [0, 0.05) is 24.3 Å². The molecule has 27 heavy (non-hydrogen) atoms. The van der Waals surface area contributed by atoms with E-state index in [9.17, 15) is 9.59 Å². The molecule has 0 unspecified atom stereocenters. The van der Waals surface area contributed by atoms with Crippen LogP contribution < -0.4 is 19.5 Å². The predicted molar refractivity (Wildman–Crippen MR) is 98.6 cm³/mol. The Labute approximate surface area is 160 Å². The van der Waals surface area contributed by atoms with Crippen molar-refractivity contribution in [1.29, 1.82) is 0 Å². The van der Waals surface area contributed by atoms with Gasteiger partial charge in [-0.15, -0.1) is 0 Å². The number of hydrogen-bond donors (Lipinski definition) is 1. The molecule has 2 aromatic carbocycles. The smallest absolute Gasteiger partial charge is 0.254 e. The largest absolute Gasteiger partial charge is 0.495 e. The van der Waals surface area contributed by atoms with Crippen molar-refractivity contribution in [2.24, 2.45) is 5.92 Å². The van der Waals surface area contributed by atoms with Crippen molar-refractivity contribution in [1.82, 2.24) is 4.90 Å². The Morgan fingerprint density at radius 1 is 1.15 bits per heavy atom. The Kier molecular flexibility index (Phi) is 4.53. The topological polar surface area (TPSA) is 77.1 Å². The molecule has 0 aromatic heterocycles. The van der Waals surface area contributed by atoms with Gasteiger partial charge >= 0.3 is 0 Å². The van der Waals surface area contributed by atoms with Gasteiger partial charge < -0.3 is 24.4 Å². The highest BCUT2D eigenvalue weighted by molar-refractivity contribution is 6.32. The number of benzene rings is 2. The number of nitrogens with zero attached hydrogens (tertiary/aromatic N) is 1. The van der Waals surface area contributed by atoms with Crippen LogP contribution in [-0.2, 0) is 4.79 Å². The summed E-state index contributed by atoms with van der Waals surface area (Å²) in [5.74, 6) is 1.19. The molecule has 0 aliphatic carbocycles. The molecule has 0 atom stereocenters. The normalized spacial score (nSPS) is 15.3. The number of halogens is 1. The maximum atomic E-state index is 12.5. The van der Waals surface area contributed by atoms with Crippen molar-refractivity contribution < 1.29 is 23.8 Å². The lowest BCUT2D eigenvalue weighted by Crippen LogP contribution is -2.54. The number of carbonyl (C=O) groups excluding carboxylic acids is 2. The zero-order valence-electron chi connectivity index (χ0n) is 14.5. The van der Waals surface area contributed by atoms with Crippen LogP contribution in [-0.4, -0.2) is 43.7 Å². The molecular formula is C19H17ClN2O5. The molecule has 2 aliphatic heterocycles. The number of anilines is 1. The number of fused-ring (bicyclic) bond motifs is 1. The molecule has 1 saturated heterocycles. The fraction of sp³-hybridized carbons (Fsp3) is 0.263. The van der Waals surface area contributed by atoms with Gasteiger partial charge in [0.05, 0.1) is 18.1 Å². The van der Waals surface area contributed by atoms with Gasteiger partial charge in [-0.2, -0.15) is 0 Å². The van der Waals surface area contributed by atoms with Gasteiger partial charge in [-0.05, 0) is 36.4 Å². The van der Waals surface area contributed by atoms with Crippen molar-refractivity contribution in [3.05, 3.63) is 47.0 Å². The number of rotatable bonds is 4. The average Bonchev–Trinajstić information content (AvgIpc) is 3.08. The molecule has 0 radical (unpaired) electrons. The minimum Gasteiger partial charge on any atom is -0.495 e. The molecule has 1 fully saturated rings. The zero-order chi connectivity index (χ0) is 19.0. The lowest BCUT2D eigenvalue weighted by Gasteiger charge is -2.38. The third kappa shape index (κ3) is 3.38. The van der Waals surface area contributed by atoms with E-state index < -0.39 is 0 Å². The van der Waals surface area contributed by atoms with Crippen LogP contribution in [0.2, 0.25) is 5.02 Å². The SMILES string of the molecule is COc1ccc(NC(=O)C2CN(C(=O)c3ccc4c(c3)OCO4)C2)cc1Cl. The summed E-state index contributed by atoms with van der Waals surface area (Å²) in [4.78, 5) is 26.5. The maximum absolute atomic E-state index is 12.5. The quantitative estimate of drug-likeness (QED) is 0.871.